The predicted octanol–water partition coefficient (Wildman–Crippen LogP) is 1.93. The van der Waals surface area contributed by atoms with Gasteiger partial charge in [-0.3, -0.25) is 0 Å². The van der Waals surface area contributed by atoms with E-state index >= 15 is 0 Å². The minimum Gasteiger partial charge on any atom is -0.493 e. The van der Waals surface area contributed by atoms with Crippen LogP contribution >= 0.6 is 0 Å². The van der Waals surface area contributed by atoms with Gasteiger partial charge < -0.3 is 10.5 Å². The average molecular weight is 214 g/mol. The van der Waals surface area contributed by atoms with E-state index in [4.69, 9.17) is 15.7 Å². The number of rotatable bonds is 2. The first-order valence-electron chi connectivity index (χ1n) is 5.68. The molecule has 0 aromatic heterocycles. The molecule has 1 heterocycles. The molecule has 2 aliphatic rings. The van der Waals surface area contributed by atoms with E-state index in [2.05, 4.69) is 12.1 Å². The standard InChI is InChI=1S/C13H14N2O/c14-8-13(4-5-13)12(15)10-1-2-11-9(7-10)3-6-16-11/h1-2,7,12H,3-6,15H2. The molecule has 16 heavy (non-hydrogen) atoms. The Morgan fingerprint density at radius 1 is 1.44 bits per heavy atom. The van der Waals surface area contributed by atoms with E-state index < -0.39 is 0 Å². The number of nitrogens with two attached hydrogens (primary N) is 1. The Balaban J connectivity index is 1.93. The second-order valence-corrected chi connectivity index (χ2v) is 4.71. The monoisotopic (exact) mass is 214 g/mol. The molecular formula is C13H14N2O. The van der Waals surface area contributed by atoms with Crippen LogP contribution in [0.15, 0.2) is 18.2 Å². The van der Waals surface area contributed by atoms with E-state index in [-0.39, 0.29) is 11.5 Å². The first-order valence-corrected chi connectivity index (χ1v) is 5.68. The van der Waals surface area contributed by atoms with Crippen molar-refractivity contribution in [3.8, 4) is 11.8 Å². The first kappa shape index (κ1) is 9.68. The smallest absolute Gasteiger partial charge is 0.122 e. The lowest BCUT2D eigenvalue weighted by molar-refractivity contribution is 0.356. The van der Waals surface area contributed by atoms with Crippen LogP contribution in [0.4, 0.5) is 0 Å². The van der Waals surface area contributed by atoms with Gasteiger partial charge in [-0.05, 0) is 30.0 Å². The molecule has 1 fully saturated rings. The van der Waals surface area contributed by atoms with Crippen LogP contribution in [0.3, 0.4) is 0 Å². The SMILES string of the molecule is N#CC1(C(N)c2ccc3c(c2)CCO3)CC1. The zero-order valence-electron chi connectivity index (χ0n) is 9.07. The molecule has 1 atom stereocenters. The summed E-state index contributed by atoms with van der Waals surface area (Å²) >= 11 is 0. The summed E-state index contributed by atoms with van der Waals surface area (Å²) in [5.74, 6) is 0.970. The molecule has 1 aromatic rings. The minimum absolute atomic E-state index is 0.150. The average Bonchev–Trinajstić information content (AvgIpc) is 2.98. The lowest BCUT2D eigenvalue weighted by Crippen LogP contribution is -2.21. The van der Waals surface area contributed by atoms with Crippen molar-refractivity contribution in [2.45, 2.75) is 25.3 Å². The van der Waals surface area contributed by atoms with Crippen LogP contribution in [-0.2, 0) is 6.42 Å². The Kier molecular flexibility index (Phi) is 1.95. The van der Waals surface area contributed by atoms with Crippen LogP contribution in [0, 0.1) is 16.7 Å². The van der Waals surface area contributed by atoms with Crippen LogP contribution in [0.2, 0.25) is 0 Å². The van der Waals surface area contributed by atoms with Crippen LogP contribution in [0.1, 0.15) is 30.0 Å². The van der Waals surface area contributed by atoms with Crippen molar-refractivity contribution >= 4 is 0 Å². The number of benzene rings is 1. The molecule has 3 rings (SSSR count). The molecule has 0 bridgehead atoms. The maximum atomic E-state index is 9.13. The molecule has 0 radical (unpaired) electrons. The molecular weight excluding hydrogens is 200 g/mol. The first-order chi connectivity index (χ1) is 7.75. The van der Waals surface area contributed by atoms with Crippen LogP contribution in [-0.4, -0.2) is 6.61 Å². The van der Waals surface area contributed by atoms with Crippen LogP contribution in [0.25, 0.3) is 0 Å². The van der Waals surface area contributed by atoms with Gasteiger partial charge in [0.15, 0.2) is 0 Å². The van der Waals surface area contributed by atoms with Crippen LogP contribution in [0.5, 0.6) is 5.75 Å². The fourth-order valence-electron chi connectivity index (χ4n) is 2.35. The molecule has 0 amide bonds. The lowest BCUT2D eigenvalue weighted by Gasteiger charge is -2.17. The van der Waals surface area contributed by atoms with Crippen molar-refractivity contribution in [2.24, 2.45) is 11.1 Å². The van der Waals surface area contributed by atoms with Gasteiger partial charge in [0, 0.05) is 12.5 Å². The van der Waals surface area contributed by atoms with Crippen molar-refractivity contribution in [1.82, 2.24) is 0 Å². The van der Waals surface area contributed by atoms with Gasteiger partial charge in [-0.15, -0.1) is 0 Å². The Bertz CT molecular complexity index is 471. The van der Waals surface area contributed by atoms with Crippen molar-refractivity contribution in [2.75, 3.05) is 6.61 Å². The van der Waals surface area contributed by atoms with E-state index in [1.54, 1.807) is 0 Å². The van der Waals surface area contributed by atoms with Crippen LogP contribution < -0.4 is 10.5 Å². The Morgan fingerprint density at radius 3 is 2.94 bits per heavy atom. The Labute approximate surface area is 94.8 Å². The van der Waals surface area contributed by atoms with E-state index in [0.717, 1.165) is 37.2 Å². The topological polar surface area (TPSA) is 59.0 Å². The zero-order chi connectivity index (χ0) is 11.2. The van der Waals surface area contributed by atoms with Gasteiger partial charge in [0.2, 0.25) is 0 Å². The van der Waals surface area contributed by atoms with Gasteiger partial charge >= 0.3 is 0 Å². The molecule has 1 saturated carbocycles. The van der Waals surface area contributed by atoms with Gasteiger partial charge in [0.05, 0.1) is 18.1 Å². The van der Waals surface area contributed by atoms with E-state index in [9.17, 15) is 0 Å². The molecule has 1 aliphatic carbocycles. The number of hydrogen-bond acceptors (Lipinski definition) is 3. The maximum absolute atomic E-state index is 9.13. The normalized spacial score (nSPS) is 21.8. The highest BCUT2D eigenvalue weighted by Crippen LogP contribution is 2.53. The second-order valence-electron chi connectivity index (χ2n) is 4.71. The summed E-state index contributed by atoms with van der Waals surface area (Å²) in [6, 6.07) is 8.28. The third-order valence-corrected chi connectivity index (χ3v) is 3.68. The fourth-order valence-corrected chi connectivity index (χ4v) is 2.35. The number of fused-ring (bicyclic) bond motifs is 1. The summed E-state index contributed by atoms with van der Waals surface area (Å²) in [5, 5.41) is 9.13. The molecule has 1 aliphatic heterocycles. The summed E-state index contributed by atoms with van der Waals surface area (Å²) in [7, 11) is 0. The molecule has 0 spiro atoms. The molecule has 0 saturated heterocycles. The van der Waals surface area contributed by atoms with Crippen molar-refractivity contribution in [1.29, 1.82) is 5.26 Å². The predicted molar refractivity (Wildman–Crippen MR) is 59.8 cm³/mol. The molecule has 82 valence electrons. The summed E-state index contributed by atoms with van der Waals surface area (Å²) in [6.45, 7) is 0.761. The lowest BCUT2D eigenvalue weighted by atomic mass is 9.91. The highest BCUT2D eigenvalue weighted by Gasteiger charge is 2.49. The molecule has 3 nitrogen and oxygen atoms in total. The molecule has 2 N–H and O–H groups in total. The Hall–Kier alpha value is -1.53. The number of nitriles is 1. The van der Waals surface area contributed by atoms with Gasteiger partial charge in [0.1, 0.15) is 5.75 Å². The summed E-state index contributed by atoms with van der Waals surface area (Å²) in [5.41, 5.74) is 8.17. The van der Waals surface area contributed by atoms with E-state index in [1.807, 2.05) is 12.1 Å². The largest absolute Gasteiger partial charge is 0.493 e. The molecule has 1 aromatic carbocycles. The van der Waals surface area contributed by atoms with Crippen molar-refractivity contribution in [3.05, 3.63) is 29.3 Å². The van der Waals surface area contributed by atoms with Crippen molar-refractivity contribution in [3.63, 3.8) is 0 Å². The van der Waals surface area contributed by atoms with Gasteiger partial charge in [0.25, 0.3) is 0 Å². The van der Waals surface area contributed by atoms with E-state index in [1.165, 1.54) is 5.56 Å². The molecule has 1 unspecified atom stereocenters. The quantitative estimate of drug-likeness (QED) is 0.818. The third kappa shape index (κ3) is 1.30. The van der Waals surface area contributed by atoms with Gasteiger partial charge in [-0.2, -0.15) is 5.26 Å². The summed E-state index contributed by atoms with van der Waals surface area (Å²) < 4.78 is 5.45. The fraction of sp³-hybridized carbons (Fsp3) is 0.462. The highest BCUT2D eigenvalue weighted by atomic mass is 16.5. The number of nitrogens with zero attached hydrogens (tertiary/aromatic N) is 1. The maximum Gasteiger partial charge on any atom is 0.122 e. The number of hydrogen-bond donors (Lipinski definition) is 1. The van der Waals surface area contributed by atoms with E-state index in [0.29, 0.717) is 0 Å². The van der Waals surface area contributed by atoms with Crippen molar-refractivity contribution < 1.29 is 4.74 Å². The summed E-state index contributed by atoms with van der Waals surface area (Å²) in [4.78, 5) is 0. The Morgan fingerprint density at radius 2 is 2.25 bits per heavy atom. The van der Waals surface area contributed by atoms with Gasteiger partial charge in [-0.1, -0.05) is 12.1 Å². The highest BCUT2D eigenvalue weighted by molar-refractivity contribution is 5.42. The van der Waals surface area contributed by atoms with Gasteiger partial charge in [-0.25, -0.2) is 0 Å². The molecule has 3 heteroatoms. The minimum atomic E-state index is -0.298. The second kappa shape index (κ2) is 3.23. The zero-order valence-corrected chi connectivity index (χ0v) is 9.07. The summed E-state index contributed by atoms with van der Waals surface area (Å²) in [6.07, 6.45) is 2.81. The third-order valence-electron chi connectivity index (χ3n) is 3.68. The number of ether oxygens (including phenoxy) is 1.